The lowest BCUT2D eigenvalue weighted by molar-refractivity contribution is -0.151. The molecule has 0 saturated heterocycles. The van der Waals surface area contributed by atoms with E-state index >= 15 is 4.79 Å². The Balaban J connectivity index is 2.30. The van der Waals surface area contributed by atoms with Crippen LogP contribution < -0.4 is 32.7 Å². The lowest BCUT2D eigenvalue weighted by Crippen LogP contribution is -2.65. The molecule has 2 aromatic rings. The number of hydrogen-bond acceptors (Lipinski definition) is 12. The number of carbonyl (C=O) groups is 6. The van der Waals surface area contributed by atoms with Gasteiger partial charge in [-0.2, -0.15) is 0 Å². The summed E-state index contributed by atoms with van der Waals surface area (Å²) >= 11 is 1.21. The van der Waals surface area contributed by atoms with Gasteiger partial charge in [-0.15, -0.1) is 11.3 Å². The number of esters is 1. The van der Waals surface area contributed by atoms with Crippen molar-refractivity contribution in [2.45, 2.75) is 130 Å². The summed E-state index contributed by atoms with van der Waals surface area (Å²) < 4.78 is 5.09. The molecule has 17 heteroatoms. The Morgan fingerprint density at radius 3 is 2.17 bits per heavy atom. The number of ether oxygens (including phenoxy) is 1. The number of aliphatic imine (C=N–C) groups is 1. The third-order valence-corrected chi connectivity index (χ3v) is 11.3. The Morgan fingerprint density at radius 1 is 0.983 bits per heavy atom. The van der Waals surface area contributed by atoms with Gasteiger partial charge in [0.25, 0.3) is 0 Å². The molecule has 1 aromatic carbocycles. The predicted octanol–water partition coefficient (Wildman–Crippen LogP) is 2.94. The monoisotopic (exact) mass is 839 g/mol. The van der Waals surface area contributed by atoms with Gasteiger partial charge in [-0.05, 0) is 48.1 Å². The van der Waals surface area contributed by atoms with E-state index in [-0.39, 0.29) is 18.2 Å². The van der Waals surface area contributed by atoms with Gasteiger partial charge >= 0.3 is 5.97 Å². The molecule has 3 rings (SSSR count). The zero-order valence-electron chi connectivity index (χ0n) is 36.2. The van der Waals surface area contributed by atoms with E-state index in [1.54, 1.807) is 32.3 Å². The molecular weight excluding hydrogens is 775 g/mol. The first-order valence-electron chi connectivity index (χ1n) is 20.2. The number of primary amides is 1. The molecule has 2 heterocycles. The SMILES string of the molecule is COC(=O)C[C@H](c1nccs1)N(C(=O)[C@@H](NC1=NCC(=O)N[C@@H](CCCCN)C(=O)N[C@@H](C(C)C)C(=O)N[C@H]1C(C)(C)C)C(C)(C)C)[C@H](C(N)=O)[C@@H](C)c1ccccc1. The smallest absolute Gasteiger partial charge is 0.308 e. The lowest BCUT2D eigenvalue weighted by Gasteiger charge is -2.44. The van der Waals surface area contributed by atoms with Crippen molar-refractivity contribution in [1.29, 1.82) is 0 Å². The van der Waals surface area contributed by atoms with E-state index in [0.29, 0.717) is 30.8 Å². The van der Waals surface area contributed by atoms with Crippen molar-refractivity contribution in [3.05, 3.63) is 52.5 Å². The summed E-state index contributed by atoms with van der Waals surface area (Å²) in [5.41, 5.74) is 11.0. The Hall–Kier alpha value is -4.90. The van der Waals surface area contributed by atoms with Gasteiger partial charge in [0.2, 0.25) is 29.5 Å². The number of nitrogens with two attached hydrogens (primary N) is 2. The highest BCUT2D eigenvalue weighted by Crippen LogP contribution is 2.36. The molecule has 0 saturated carbocycles. The molecule has 1 aliphatic heterocycles. The fourth-order valence-corrected chi connectivity index (χ4v) is 7.77. The van der Waals surface area contributed by atoms with Gasteiger partial charge in [-0.3, -0.25) is 33.8 Å². The largest absolute Gasteiger partial charge is 0.469 e. The number of methoxy groups -OCH3 is 1. The zero-order chi connectivity index (χ0) is 44.2. The number of benzene rings is 1. The second-order valence-electron chi connectivity index (χ2n) is 17.5. The summed E-state index contributed by atoms with van der Waals surface area (Å²) in [7, 11) is 1.24. The van der Waals surface area contributed by atoms with E-state index in [1.807, 2.05) is 71.9 Å². The van der Waals surface area contributed by atoms with Crippen molar-refractivity contribution in [3.63, 3.8) is 0 Å². The van der Waals surface area contributed by atoms with E-state index in [2.05, 4.69) is 26.3 Å². The van der Waals surface area contributed by atoms with Crippen LogP contribution in [0.1, 0.15) is 111 Å². The second-order valence-corrected chi connectivity index (χ2v) is 18.5. The highest BCUT2D eigenvalue weighted by atomic mass is 32.1. The topological polar surface area (TPSA) is 240 Å². The highest BCUT2D eigenvalue weighted by Gasteiger charge is 2.47. The van der Waals surface area contributed by atoms with Gasteiger partial charge in [0.1, 0.15) is 41.6 Å². The minimum Gasteiger partial charge on any atom is -0.469 e. The van der Waals surface area contributed by atoms with Crippen LogP contribution in [0, 0.1) is 16.7 Å². The normalized spacial score (nSPS) is 20.3. The molecule has 1 aromatic heterocycles. The number of thiazole rings is 1. The summed E-state index contributed by atoms with van der Waals surface area (Å²) in [6.45, 7) is 16.4. The van der Waals surface area contributed by atoms with E-state index in [1.165, 1.54) is 23.3 Å². The number of amides is 5. The Kier molecular flexibility index (Phi) is 17.6. The van der Waals surface area contributed by atoms with Crippen LogP contribution in [-0.4, -0.2) is 102 Å². The van der Waals surface area contributed by atoms with Crippen molar-refractivity contribution in [2.75, 3.05) is 20.2 Å². The fourth-order valence-electron chi connectivity index (χ4n) is 7.03. The number of carbonyl (C=O) groups excluding carboxylic acids is 6. The first-order chi connectivity index (χ1) is 27.6. The van der Waals surface area contributed by atoms with Crippen LogP contribution in [0.3, 0.4) is 0 Å². The van der Waals surface area contributed by atoms with Gasteiger partial charge in [0.05, 0.1) is 25.6 Å². The van der Waals surface area contributed by atoms with Crippen LogP contribution in [0.25, 0.3) is 0 Å². The van der Waals surface area contributed by atoms with Gasteiger partial charge in [-0.1, -0.05) is 92.6 Å². The zero-order valence-corrected chi connectivity index (χ0v) is 37.0. The molecule has 0 spiro atoms. The summed E-state index contributed by atoms with van der Waals surface area (Å²) in [6, 6.07) is 2.71. The maximum absolute atomic E-state index is 15.7. The Bertz CT molecular complexity index is 1770. The first kappa shape index (κ1) is 48.5. The molecule has 0 aliphatic carbocycles. The minimum absolute atomic E-state index is 0.119. The summed E-state index contributed by atoms with van der Waals surface area (Å²) in [6.07, 6.45) is 2.70. The first-order valence-corrected chi connectivity index (χ1v) is 21.0. The van der Waals surface area contributed by atoms with Gasteiger partial charge in [-0.25, -0.2) is 4.98 Å². The molecule has 0 unspecified atom stereocenters. The van der Waals surface area contributed by atoms with Gasteiger partial charge < -0.3 is 42.4 Å². The standard InChI is InChI=1S/C42H65N9O7S/c1-24(2)31-38(56)50-33(41(4,5)6)36(46-23-29(52)47-27(37(55)48-31)18-14-15-19-43)49-34(42(7,8)9)40(57)51(28(22-30(53)58-10)39-45-20-21-59-39)32(35(44)54)25(3)26-16-12-11-13-17-26/h11-13,16-17,20-21,24-25,27-28,31-34H,14-15,18-19,22-23,43H2,1-10H3,(H2,44,54)(H,46,49)(H,47,52)(H,48,55)(H,50,56)/t25-,27-,28+,31-,32-,33+,34+/m0/s1. The van der Waals surface area contributed by atoms with Crippen molar-refractivity contribution >= 4 is 52.7 Å². The molecule has 0 radical (unpaired) electrons. The number of unbranched alkanes of at least 4 members (excludes halogenated alkanes) is 1. The van der Waals surface area contributed by atoms with Gasteiger partial charge in [0.15, 0.2) is 0 Å². The number of aromatic nitrogens is 1. The number of rotatable bonds is 15. The number of amidine groups is 1. The fraction of sp³-hybridized carbons (Fsp3) is 0.619. The summed E-state index contributed by atoms with van der Waals surface area (Å²) in [5, 5.41) is 14.2. The Labute approximate surface area is 352 Å². The average Bonchev–Trinajstić information content (AvgIpc) is 3.70. The second kappa shape index (κ2) is 21.4. The third kappa shape index (κ3) is 13.3. The molecule has 5 amide bonds. The molecule has 8 N–H and O–H groups in total. The molecule has 7 atom stereocenters. The number of nitrogens with one attached hydrogen (secondary N) is 4. The van der Waals surface area contributed by atoms with Crippen LogP contribution in [0.4, 0.5) is 0 Å². The molecular formula is C42H65N9O7S. The molecule has 0 fully saturated rings. The van der Waals surface area contributed by atoms with Crippen molar-refractivity contribution in [1.82, 2.24) is 31.2 Å². The van der Waals surface area contributed by atoms with Crippen LogP contribution in [0.5, 0.6) is 0 Å². The highest BCUT2D eigenvalue weighted by molar-refractivity contribution is 7.09. The summed E-state index contributed by atoms with van der Waals surface area (Å²) in [5.74, 6) is -4.46. The third-order valence-electron chi connectivity index (χ3n) is 10.4. The van der Waals surface area contributed by atoms with E-state index in [9.17, 15) is 24.0 Å². The molecule has 1 aliphatic rings. The van der Waals surface area contributed by atoms with Crippen LogP contribution in [0.2, 0.25) is 0 Å². The number of hydrogen-bond donors (Lipinski definition) is 6. The van der Waals surface area contributed by atoms with Gasteiger partial charge in [0, 0.05) is 17.5 Å². The van der Waals surface area contributed by atoms with Crippen molar-refractivity contribution < 1.29 is 33.5 Å². The average molecular weight is 840 g/mol. The Morgan fingerprint density at radius 2 is 1.64 bits per heavy atom. The molecule has 0 bridgehead atoms. The molecule has 59 heavy (non-hydrogen) atoms. The lowest BCUT2D eigenvalue weighted by atomic mass is 9.81. The van der Waals surface area contributed by atoms with Crippen LogP contribution >= 0.6 is 11.3 Å². The van der Waals surface area contributed by atoms with E-state index in [4.69, 9.17) is 21.2 Å². The number of nitrogens with zero attached hydrogens (tertiary/aromatic N) is 3. The van der Waals surface area contributed by atoms with Crippen LogP contribution in [0.15, 0.2) is 46.9 Å². The van der Waals surface area contributed by atoms with Crippen LogP contribution in [-0.2, 0) is 33.5 Å². The quantitative estimate of drug-likeness (QED) is 0.113. The predicted molar refractivity (Wildman–Crippen MR) is 228 cm³/mol. The van der Waals surface area contributed by atoms with Crippen molar-refractivity contribution in [3.8, 4) is 0 Å². The maximum atomic E-state index is 15.7. The maximum Gasteiger partial charge on any atom is 0.308 e. The molecule has 326 valence electrons. The van der Waals surface area contributed by atoms with E-state index in [0.717, 1.165) is 5.56 Å². The minimum atomic E-state index is -1.29. The molecule has 16 nitrogen and oxygen atoms in total. The summed E-state index contributed by atoms with van der Waals surface area (Å²) in [4.78, 5) is 94.5. The van der Waals surface area contributed by atoms with Crippen molar-refractivity contribution in [2.24, 2.45) is 33.2 Å². The van der Waals surface area contributed by atoms with E-state index < -0.39 is 95.0 Å².